The van der Waals surface area contributed by atoms with Gasteiger partial charge in [-0.2, -0.15) is 0 Å². The highest BCUT2D eigenvalue weighted by Crippen LogP contribution is 2.01. The highest BCUT2D eigenvalue weighted by Gasteiger charge is 1.98. The largest absolute Gasteiger partial charge is 0.0991 e. The van der Waals surface area contributed by atoms with Gasteiger partial charge in [0.15, 0.2) is 0 Å². The van der Waals surface area contributed by atoms with Crippen LogP contribution >= 0.6 is 0 Å². The fourth-order valence-corrected chi connectivity index (χ4v) is 2.60. The van der Waals surface area contributed by atoms with Crippen LogP contribution in [0, 0.1) is 0 Å². The maximum atomic E-state index is 3.36. The average molecular weight is 170 g/mol. The smallest absolute Gasteiger partial charge is 0.0359 e. The van der Waals surface area contributed by atoms with Crippen molar-refractivity contribution in [2.75, 3.05) is 0 Å². The van der Waals surface area contributed by atoms with E-state index >= 15 is 0 Å². The SMILES string of the molecule is C=CC=C.CC[SiH](CC)CC. The third-order valence-electron chi connectivity index (χ3n) is 1.90. The van der Waals surface area contributed by atoms with Gasteiger partial charge in [-0.1, -0.05) is 64.2 Å². The second kappa shape index (κ2) is 12.4. The highest BCUT2D eigenvalue weighted by atomic mass is 28.3. The summed E-state index contributed by atoms with van der Waals surface area (Å²) in [6.07, 6.45) is 3.28. The third kappa shape index (κ3) is 12.8. The molecule has 0 heterocycles. The Morgan fingerprint density at radius 1 is 0.909 bits per heavy atom. The number of hydrogen-bond acceptors (Lipinski definition) is 0. The van der Waals surface area contributed by atoms with Gasteiger partial charge in [-0.3, -0.25) is 0 Å². The van der Waals surface area contributed by atoms with Crippen molar-refractivity contribution in [3.05, 3.63) is 25.3 Å². The van der Waals surface area contributed by atoms with E-state index in [1.165, 1.54) is 18.1 Å². The first-order valence-electron chi connectivity index (χ1n) is 4.50. The average Bonchev–Trinajstić information content (AvgIpc) is 2.08. The predicted molar refractivity (Wildman–Crippen MR) is 59.0 cm³/mol. The van der Waals surface area contributed by atoms with Gasteiger partial charge in [0.1, 0.15) is 0 Å². The molecule has 0 amide bonds. The Kier molecular flexibility index (Phi) is 15.0. The topological polar surface area (TPSA) is 0 Å². The van der Waals surface area contributed by atoms with Crippen molar-refractivity contribution >= 4 is 8.80 Å². The molecule has 0 saturated heterocycles. The Morgan fingerprint density at radius 2 is 1.18 bits per heavy atom. The summed E-state index contributed by atoms with van der Waals surface area (Å²) in [6.45, 7) is 13.7. The Labute approximate surface area is 73.6 Å². The van der Waals surface area contributed by atoms with Gasteiger partial charge < -0.3 is 0 Å². The fraction of sp³-hybridized carbons (Fsp3) is 0.600. The summed E-state index contributed by atoms with van der Waals surface area (Å²) in [5, 5.41) is 0. The zero-order chi connectivity index (χ0) is 9.11. The van der Waals surface area contributed by atoms with Crippen molar-refractivity contribution < 1.29 is 0 Å². The molecular weight excluding hydrogens is 148 g/mol. The summed E-state index contributed by atoms with van der Waals surface area (Å²) in [5.41, 5.74) is 0. The van der Waals surface area contributed by atoms with E-state index < -0.39 is 0 Å². The van der Waals surface area contributed by atoms with Crippen LogP contribution in [-0.2, 0) is 0 Å². The van der Waals surface area contributed by atoms with E-state index in [2.05, 4.69) is 33.9 Å². The molecule has 0 bridgehead atoms. The molecule has 1 heteroatoms. The number of rotatable bonds is 4. The van der Waals surface area contributed by atoms with Gasteiger partial charge in [-0.05, 0) is 0 Å². The zero-order valence-electron chi connectivity index (χ0n) is 8.27. The van der Waals surface area contributed by atoms with E-state index in [1.807, 2.05) is 0 Å². The Balaban J connectivity index is 0. The van der Waals surface area contributed by atoms with E-state index in [0.717, 1.165) is 0 Å². The van der Waals surface area contributed by atoms with Crippen LogP contribution in [0.2, 0.25) is 18.1 Å². The highest BCUT2D eigenvalue weighted by molar-refractivity contribution is 6.58. The van der Waals surface area contributed by atoms with Crippen molar-refractivity contribution in [1.29, 1.82) is 0 Å². The Hall–Kier alpha value is -0.303. The molecule has 0 fully saturated rings. The van der Waals surface area contributed by atoms with Crippen LogP contribution in [-0.4, -0.2) is 8.80 Å². The molecule has 0 nitrogen and oxygen atoms in total. The maximum absolute atomic E-state index is 3.36. The first-order chi connectivity index (χ1) is 5.26. The van der Waals surface area contributed by atoms with E-state index in [9.17, 15) is 0 Å². The third-order valence-corrected chi connectivity index (χ3v) is 5.36. The van der Waals surface area contributed by atoms with Crippen molar-refractivity contribution in [3.8, 4) is 0 Å². The van der Waals surface area contributed by atoms with Crippen LogP contribution in [0.4, 0.5) is 0 Å². The van der Waals surface area contributed by atoms with Gasteiger partial charge in [-0.25, -0.2) is 0 Å². The molecule has 0 radical (unpaired) electrons. The Bertz CT molecular complexity index is 71.4. The molecule has 0 atom stereocenters. The summed E-state index contributed by atoms with van der Waals surface area (Å²) in [6, 6.07) is 4.48. The minimum atomic E-state index is -0.171. The van der Waals surface area contributed by atoms with Crippen LogP contribution in [0.15, 0.2) is 25.3 Å². The quantitative estimate of drug-likeness (QED) is 0.446. The first-order valence-corrected chi connectivity index (χ1v) is 6.95. The van der Waals surface area contributed by atoms with Gasteiger partial charge in [0.2, 0.25) is 0 Å². The fourth-order valence-electron chi connectivity index (χ4n) is 0.866. The van der Waals surface area contributed by atoms with E-state index in [0.29, 0.717) is 0 Å². The van der Waals surface area contributed by atoms with Gasteiger partial charge in [-0.15, -0.1) is 0 Å². The van der Waals surface area contributed by atoms with Gasteiger partial charge in [0.05, 0.1) is 0 Å². The molecule has 66 valence electrons. The molecule has 0 aliphatic carbocycles. The molecule has 0 aromatic carbocycles. The lowest BCUT2D eigenvalue weighted by Gasteiger charge is -2.03. The van der Waals surface area contributed by atoms with Crippen LogP contribution in [0.25, 0.3) is 0 Å². The van der Waals surface area contributed by atoms with E-state index in [4.69, 9.17) is 0 Å². The molecule has 11 heavy (non-hydrogen) atoms. The van der Waals surface area contributed by atoms with Crippen LogP contribution in [0.5, 0.6) is 0 Å². The molecule has 0 rings (SSSR count). The lowest BCUT2D eigenvalue weighted by molar-refractivity contribution is 1.24. The molecular formula is C10H22Si. The van der Waals surface area contributed by atoms with Crippen LogP contribution in [0.3, 0.4) is 0 Å². The van der Waals surface area contributed by atoms with Gasteiger partial charge in [0, 0.05) is 8.80 Å². The minimum absolute atomic E-state index is 0.171. The summed E-state index contributed by atoms with van der Waals surface area (Å²) in [5.74, 6) is 0. The summed E-state index contributed by atoms with van der Waals surface area (Å²) in [7, 11) is -0.171. The molecule has 0 saturated carbocycles. The second-order valence-corrected chi connectivity index (χ2v) is 6.74. The van der Waals surface area contributed by atoms with Crippen LogP contribution < -0.4 is 0 Å². The number of allylic oxidation sites excluding steroid dienone is 2. The van der Waals surface area contributed by atoms with E-state index in [1.54, 1.807) is 12.2 Å². The standard InChI is InChI=1S/C6H16Si.C4H6/c1-4-7(5-2)6-3;1-3-4-2/h7H,4-6H2,1-3H3;3-4H,1-2H2. The minimum Gasteiger partial charge on any atom is -0.0991 e. The monoisotopic (exact) mass is 170 g/mol. The van der Waals surface area contributed by atoms with Gasteiger partial charge in [0.25, 0.3) is 0 Å². The Morgan fingerprint density at radius 3 is 1.18 bits per heavy atom. The lowest BCUT2D eigenvalue weighted by atomic mass is 10.6. The first kappa shape index (κ1) is 13.3. The molecule has 0 N–H and O–H groups in total. The van der Waals surface area contributed by atoms with Crippen LogP contribution in [0.1, 0.15) is 20.8 Å². The normalized spacial score (nSPS) is 8.36. The predicted octanol–water partition coefficient (Wildman–Crippen LogP) is 3.63. The summed E-state index contributed by atoms with van der Waals surface area (Å²) in [4.78, 5) is 0. The molecule has 0 aromatic rings. The second-order valence-electron chi connectivity index (χ2n) is 2.56. The van der Waals surface area contributed by atoms with Crippen molar-refractivity contribution in [3.63, 3.8) is 0 Å². The summed E-state index contributed by atoms with van der Waals surface area (Å²) >= 11 is 0. The van der Waals surface area contributed by atoms with Crippen molar-refractivity contribution in [2.24, 2.45) is 0 Å². The van der Waals surface area contributed by atoms with Gasteiger partial charge >= 0.3 is 0 Å². The molecule has 0 aromatic heterocycles. The van der Waals surface area contributed by atoms with Crippen molar-refractivity contribution in [2.45, 2.75) is 38.9 Å². The molecule has 0 spiro atoms. The van der Waals surface area contributed by atoms with E-state index in [-0.39, 0.29) is 8.80 Å². The molecule has 0 aliphatic heterocycles. The zero-order valence-corrected chi connectivity index (χ0v) is 9.42. The van der Waals surface area contributed by atoms with Crippen molar-refractivity contribution in [1.82, 2.24) is 0 Å². The maximum Gasteiger partial charge on any atom is 0.0359 e. The number of hydrogen-bond donors (Lipinski definition) is 0. The molecule has 0 unspecified atom stereocenters. The summed E-state index contributed by atoms with van der Waals surface area (Å²) < 4.78 is 0. The lowest BCUT2D eigenvalue weighted by Crippen LogP contribution is -2.04. The molecule has 0 aliphatic rings.